The first kappa shape index (κ1) is 14.3. The zero-order valence-electron chi connectivity index (χ0n) is 10.3. The minimum Gasteiger partial charge on any atom is -0.370 e. The molecule has 0 atom stereocenters. The van der Waals surface area contributed by atoms with Crippen molar-refractivity contribution in [2.45, 2.75) is 19.4 Å². The summed E-state index contributed by atoms with van der Waals surface area (Å²) < 4.78 is 42.6. The highest BCUT2D eigenvalue weighted by Crippen LogP contribution is 2.25. The Morgan fingerprint density at radius 1 is 1.15 bits per heavy atom. The predicted octanol–water partition coefficient (Wildman–Crippen LogP) is 2.51. The standard InChI is InChI=1S/C13H11F3N2O2/c14-13(15,16)12-17-10(6-11(19)18-12)8-20-7-9-4-2-1-3-5-9/h1-6H,7-8H2,(H,17,18,19). The maximum absolute atomic E-state index is 12.5. The molecule has 20 heavy (non-hydrogen) atoms. The van der Waals surface area contributed by atoms with Crippen LogP contribution in [0.25, 0.3) is 0 Å². The second-order valence-electron chi connectivity index (χ2n) is 4.06. The summed E-state index contributed by atoms with van der Waals surface area (Å²) in [7, 11) is 0. The van der Waals surface area contributed by atoms with E-state index in [1.54, 1.807) is 4.98 Å². The number of ether oxygens (including phenoxy) is 1. The fourth-order valence-electron chi connectivity index (χ4n) is 1.56. The van der Waals surface area contributed by atoms with Crippen LogP contribution in [0.3, 0.4) is 0 Å². The van der Waals surface area contributed by atoms with Gasteiger partial charge in [0.2, 0.25) is 5.82 Å². The fraction of sp³-hybridized carbons (Fsp3) is 0.231. The Labute approximate surface area is 112 Å². The molecule has 2 aromatic rings. The molecule has 1 aromatic carbocycles. The van der Waals surface area contributed by atoms with Crippen LogP contribution < -0.4 is 5.56 Å². The number of aromatic nitrogens is 2. The number of hydrogen-bond acceptors (Lipinski definition) is 3. The molecule has 0 aliphatic heterocycles. The fourth-order valence-corrected chi connectivity index (χ4v) is 1.56. The lowest BCUT2D eigenvalue weighted by Gasteiger charge is -2.08. The average Bonchev–Trinajstić information content (AvgIpc) is 2.38. The molecular weight excluding hydrogens is 273 g/mol. The van der Waals surface area contributed by atoms with Gasteiger partial charge in [-0.05, 0) is 5.56 Å². The molecule has 1 aromatic heterocycles. The Morgan fingerprint density at radius 3 is 2.50 bits per heavy atom. The Bertz CT molecular complexity index is 624. The molecule has 0 amide bonds. The Morgan fingerprint density at radius 2 is 1.85 bits per heavy atom. The van der Waals surface area contributed by atoms with Crippen LogP contribution in [-0.4, -0.2) is 9.97 Å². The van der Waals surface area contributed by atoms with Gasteiger partial charge in [0.1, 0.15) is 0 Å². The van der Waals surface area contributed by atoms with Gasteiger partial charge >= 0.3 is 6.18 Å². The van der Waals surface area contributed by atoms with Crippen LogP contribution in [-0.2, 0) is 24.1 Å². The smallest absolute Gasteiger partial charge is 0.370 e. The number of hydrogen-bond donors (Lipinski definition) is 1. The molecule has 0 bridgehead atoms. The van der Waals surface area contributed by atoms with Gasteiger partial charge in [0.25, 0.3) is 5.56 Å². The Balaban J connectivity index is 2.03. The van der Waals surface area contributed by atoms with Crippen molar-refractivity contribution in [3.05, 3.63) is 63.8 Å². The molecule has 1 N–H and O–H groups in total. The highest BCUT2D eigenvalue weighted by Gasteiger charge is 2.34. The van der Waals surface area contributed by atoms with Crippen LogP contribution in [0.15, 0.2) is 41.2 Å². The van der Waals surface area contributed by atoms with E-state index in [9.17, 15) is 18.0 Å². The minimum absolute atomic E-state index is 0.0583. The lowest BCUT2D eigenvalue weighted by molar-refractivity contribution is -0.145. The number of halogens is 3. The summed E-state index contributed by atoms with van der Waals surface area (Å²) in [5, 5.41) is 0. The molecule has 0 spiro atoms. The van der Waals surface area contributed by atoms with E-state index in [4.69, 9.17) is 4.74 Å². The van der Waals surface area contributed by atoms with Crippen molar-refractivity contribution in [2.75, 3.05) is 0 Å². The van der Waals surface area contributed by atoms with E-state index in [-0.39, 0.29) is 18.9 Å². The van der Waals surface area contributed by atoms with Crippen LogP contribution >= 0.6 is 0 Å². The van der Waals surface area contributed by atoms with Crippen LogP contribution in [0.4, 0.5) is 13.2 Å². The summed E-state index contributed by atoms with van der Waals surface area (Å²) in [5.41, 5.74) is -0.0315. The summed E-state index contributed by atoms with van der Waals surface area (Å²) in [4.78, 5) is 16.1. The van der Waals surface area contributed by atoms with Gasteiger partial charge in [-0.25, -0.2) is 4.98 Å². The maximum Gasteiger partial charge on any atom is 0.449 e. The molecule has 0 unspecified atom stereocenters. The number of H-pyrrole nitrogens is 1. The molecular formula is C13H11F3N2O2. The van der Waals surface area contributed by atoms with Gasteiger partial charge in [-0.3, -0.25) is 4.79 Å². The second-order valence-corrected chi connectivity index (χ2v) is 4.06. The molecule has 0 radical (unpaired) electrons. The molecule has 106 valence electrons. The molecule has 2 rings (SSSR count). The number of aromatic amines is 1. The van der Waals surface area contributed by atoms with Crippen LogP contribution in [0.1, 0.15) is 17.1 Å². The second kappa shape index (κ2) is 5.87. The van der Waals surface area contributed by atoms with Crippen molar-refractivity contribution in [3.63, 3.8) is 0 Å². The highest BCUT2D eigenvalue weighted by atomic mass is 19.4. The summed E-state index contributed by atoms with van der Waals surface area (Å²) in [5.74, 6) is -1.32. The first-order valence-electron chi connectivity index (χ1n) is 5.74. The van der Waals surface area contributed by atoms with Crippen molar-refractivity contribution in [1.82, 2.24) is 9.97 Å². The van der Waals surface area contributed by atoms with Crippen LogP contribution in [0.5, 0.6) is 0 Å². The number of alkyl halides is 3. The molecule has 7 heteroatoms. The third-order valence-electron chi connectivity index (χ3n) is 2.42. The van der Waals surface area contributed by atoms with Gasteiger partial charge in [0.05, 0.1) is 18.9 Å². The quantitative estimate of drug-likeness (QED) is 0.938. The van der Waals surface area contributed by atoms with Crippen molar-refractivity contribution >= 4 is 0 Å². The summed E-state index contributed by atoms with van der Waals surface area (Å²) >= 11 is 0. The van der Waals surface area contributed by atoms with Crippen molar-refractivity contribution in [2.24, 2.45) is 0 Å². The monoisotopic (exact) mass is 284 g/mol. The normalized spacial score (nSPS) is 11.6. The topological polar surface area (TPSA) is 55.0 Å². The average molecular weight is 284 g/mol. The van der Waals surface area contributed by atoms with Crippen molar-refractivity contribution < 1.29 is 17.9 Å². The van der Waals surface area contributed by atoms with E-state index in [2.05, 4.69) is 4.98 Å². The first-order valence-corrected chi connectivity index (χ1v) is 5.74. The van der Waals surface area contributed by atoms with Gasteiger partial charge < -0.3 is 9.72 Å². The molecule has 0 saturated carbocycles. The largest absolute Gasteiger partial charge is 0.449 e. The SMILES string of the molecule is O=c1cc(COCc2ccccc2)nc(C(F)(F)F)[nH]1. The van der Waals surface area contributed by atoms with E-state index in [0.717, 1.165) is 11.6 Å². The molecule has 0 aliphatic rings. The molecule has 1 heterocycles. The Kier molecular flexibility index (Phi) is 4.19. The van der Waals surface area contributed by atoms with E-state index in [0.29, 0.717) is 0 Å². The summed E-state index contributed by atoms with van der Waals surface area (Å²) in [6, 6.07) is 10.1. The predicted molar refractivity (Wildman–Crippen MR) is 64.8 cm³/mol. The van der Waals surface area contributed by atoms with Gasteiger partial charge in [-0.2, -0.15) is 13.2 Å². The van der Waals surface area contributed by atoms with Gasteiger partial charge in [0.15, 0.2) is 0 Å². The van der Waals surface area contributed by atoms with Crippen molar-refractivity contribution in [3.8, 4) is 0 Å². The van der Waals surface area contributed by atoms with Crippen LogP contribution in [0, 0.1) is 0 Å². The highest BCUT2D eigenvalue weighted by molar-refractivity contribution is 5.13. The first-order chi connectivity index (χ1) is 9.45. The molecule has 0 aliphatic carbocycles. The third-order valence-corrected chi connectivity index (χ3v) is 2.42. The molecule has 4 nitrogen and oxygen atoms in total. The number of nitrogens with zero attached hydrogens (tertiary/aromatic N) is 1. The zero-order valence-corrected chi connectivity index (χ0v) is 10.3. The minimum atomic E-state index is -4.69. The van der Waals surface area contributed by atoms with Gasteiger partial charge in [0, 0.05) is 6.07 Å². The lowest BCUT2D eigenvalue weighted by Crippen LogP contribution is -2.20. The Hall–Kier alpha value is -2.15. The van der Waals surface area contributed by atoms with Gasteiger partial charge in [-0.15, -0.1) is 0 Å². The number of rotatable bonds is 4. The van der Waals surface area contributed by atoms with Crippen LogP contribution in [0.2, 0.25) is 0 Å². The van der Waals surface area contributed by atoms with Gasteiger partial charge in [-0.1, -0.05) is 30.3 Å². The maximum atomic E-state index is 12.5. The van der Waals surface area contributed by atoms with Crippen molar-refractivity contribution in [1.29, 1.82) is 0 Å². The number of benzene rings is 1. The van der Waals surface area contributed by atoms with E-state index >= 15 is 0 Å². The lowest BCUT2D eigenvalue weighted by atomic mass is 10.2. The summed E-state index contributed by atoms with van der Waals surface area (Å²) in [6.45, 7) is 0.0680. The molecule has 0 fully saturated rings. The third kappa shape index (κ3) is 3.92. The zero-order chi connectivity index (χ0) is 14.6. The van der Waals surface area contributed by atoms with E-state index < -0.39 is 17.6 Å². The summed E-state index contributed by atoms with van der Waals surface area (Å²) in [6.07, 6.45) is -4.69. The van der Waals surface area contributed by atoms with E-state index in [1.807, 2.05) is 30.3 Å². The van der Waals surface area contributed by atoms with E-state index in [1.165, 1.54) is 0 Å². The molecule has 0 saturated heterocycles. The number of nitrogens with one attached hydrogen (secondary N) is 1.